The third kappa shape index (κ3) is 7.68. The molecular weight excluding hydrogens is 342 g/mol. The Kier molecular flexibility index (Phi) is 8.61. The lowest BCUT2D eigenvalue weighted by Crippen LogP contribution is -2.41. The molecule has 0 radical (unpaired) electrons. The maximum absolute atomic E-state index is 12.1. The number of benzene rings is 1. The Balaban J connectivity index is 1.83. The van der Waals surface area contributed by atoms with E-state index in [1.54, 1.807) is 0 Å². The zero-order chi connectivity index (χ0) is 19.5. The summed E-state index contributed by atoms with van der Waals surface area (Å²) < 4.78 is 0. The second kappa shape index (κ2) is 11.2. The van der Waals surface area contributed by atoms with E-state index in [4.69, 9.17) is 0 Å². The Morgan fingerprint density at radius 1 is 1.04 bits per heavy atom. The van der Waals surface area contributed by atoms with Crippen LogP contribution in [0.1, 0.15) is 49.0 Å². The lowest BCUT2D eigenvalue weighted by Gasteiger charge is -2.12. The van der Waals surface area contributed by atoms with E-state index in [9.17, 15) is 9.59 Å². The predicted octanol–water partition coefficient (Wildman–Crippen LogP) is 1.41. The number of rotatable bonds is 10. The molecule has 0 aromatic heterocycles. The number of carbonyl (C=O) groups excluding carboxylic acids is 2. The van der Waals surface area contributed by atoms with Gasteiger partial charge in [-0.15, -0.1) is 0 Å². The van der Waals surface area contributed by atoms with Gasteiger partial charge in [-0.05, 0) is 43.9 Å². The first-order valence-electron chi connectivity index (χ1n) is 9.81. The van der Waals surface area contributed by atoms with Gasteiger partial charge in [0.15, 0.2) is 5.96 Å². The van der Waals surface area contributed by atoms with Crippen LogP contribution in [0, 0.1) is 5.92 Å². The van der Waals surface area contributed by atoms with Gasteiger partial charge in [-0.25, -0.2) is 4.99 Å². The molecule has 1 fully saturated rings. The third-order valence-electron chi connectivity index (χ3n) is 4.15. The number of guanidine groups is 1. The van der Waals surface area contributed by atoms with Crippen molar-refractivity contribution in [1.82, 2.24) is 21.3 Å². The van der Waals surface area contributed by atoms with Crippen LogP contribution < -0.4 is 21.3 Å². The average molecular weight is 374 g/mol. The van der Waals surface area contributed by atoms with Crippen LogP contribution in [0.2, 0.25) is 0 Å². The van der Waals surface area contributed by atoms with E-state index in [1.165, 1.54) is 0 Å². The van der Waals surface area contributed by atoms with E-state index in [0.29, 0.717) is 37.7 Å². The van der Waals surface area contributed by atoms with Crippen molar-refractivity contribution in [3.63, 3.8) is 0 Å². The molecule has 0 aliphatic heterocycles. The Bertz CT molecular complexity index is 656. The summed E-state index contributed by atoms with van der Waals surface area (Å²) in [6.07, 6.45) is 2.94. The van der Waals surface area contributed by atoms with Crippen LogP contribution in [0.15, 0.2) is 29.3 Å². The standard InChI is InChI=1S/C20H31N5O2/c1-3-10-22-19(27)17-7-5-6-15(13-17)14-25-20(21-4-2)24-12-11-23-18(26)16-8-9-16/h5-7,13,16H,3-4,8-12,14H2,1-2H3,(H,22,27)(H,23,26)(H2,21,24,25). The summed E-state index contributed by atoms with van der Waals surface area (Å²) in [5, 5.41) is 12.2. The van der Waals surface area contributed by atoms with Gasteiger partial charge in [-0.1, -0.05) is 19.1 Å². The molecule has 7 heteroatoms. The molecule has 1 aliphatic rings. The van der Waals surface area contributed by atoms with Gasteiger partial charge in [0.1, 0.15) is 0 Å². The van der Waals surface area contributed by atoms with Gasteiger partial charge in [0.25, 0.3) is 5.91 Å². The fraction of sp³-hybridized carbons (Fsp3) is 0.550. The molecule has 27 heavy (non-hydrogen) atoms. The number of nitrogens with one attached hydrogen (secondary N) is 4. The highest BCUT2D eigenvalue weighted by Gasteiger charge is 2.28. The van der Waals surface area contributed by atoms with Crippen molar-refractivity contribution in [2.24, 2.45) is 10.9 Å². The Morgan fingerprint density at radius 2 is 1.81 bits per heavy atom. The van der Waals surface area contributed by atoms with Crippen LogP contribution >= 0.6 is 0 Å². The first-order valence-corrected chi connectivity index (χ1v) is 9.81. The van der Waals surface area contributed by atoms with Gasteiger partial charge in [0, 0.05) is 37.7 Å². The van der Waals surface area contributed by atoms with Crippen molar-refractivity contribution in [2.75, 3.05) is 26.2 Å². The second-order valence-electron chi connectivity index (χ2n) is 6.64. The summed E-state index contributed by atoms with van der Waals surface area (Å²) in [5.41, 5.74) is 1.62. The van der Waals surface area contributed by atoms with E-state index >= 15 is 0 Å². The monoisotopic (exact) mass is 373 g/mol. The molecule has 0 spiro atoms. The molecule has 2 rings (SSSR count). The minimum atomic E-state index is -0.0564. The molecule has 0 atom stereocenters. The number of carbonyl (C=O) groups is 2. The minimum absolute atomic E-state index is 0.0564. The van der Waals surface area contributed by atoms with Gasteiger partial charge in [0.05, 0.1) is 6.54 Å². The maximum Gasteiger partial charge on any atom is 0.251 e. The van der Waals surface area contributed by atoms with Crippen LogP contribution in [0.5, 0.6) is 0 Å². The molecule has 1 aromatic carbocycles. The molecule has 2 amide bonds. The van der Waals surface area contributed by atoms with Crippen LogP contribution in [0.25, 0.3) is 0 Å². The van der Waals surface area contributed by atoms with Gasteiger partial charge < -0.3 is 21.3 Å². The molecule has 0 heterocycles. The van der Waals surface area contributed by atoms with Crippen molar-refractivity contribution in [2.45, 2.75) is 39.7 Å². The lowest BCUT2D eigenvalue weighted by atomic mass is 10.1. The summed E-state index contributed by atoms with van der Waals surface area (Å²) >= 11 is 0. The average Bonchev–Trinajstić information content (AvgIpc) is 3.52. The van der Waals surface area contributed by atoms with Crippen LogP contribution in [0.3, 0.4) is 0 Å². The number of amides is 2. The SMILES string of the molecule is CCCNC(=O)c1cccc(CN=C(NCC)NCCNC(=O)C2CC2)c1. The Hall–Kier alpha value is -2.57. The van der Waals surface area contributed by atoms with E-state index < -0.39 is 0 Å². The van der Waals surface area contributed by atoms with Crippen molar-refractivity contribution in [3.8, 4) is 0 Å². The fourth-order valence-corrected chi connectivity index (χ4v) is 2.52. The minimum Gasteiger partial charge on any atom is -0.357 e. The molecule has 0 saturated heterocycles. The largest absolute Gasteiger partial charge is 0.357 e. The molecule has 1 aromatic rings. The second-order valence-corrected chi connectivity index (χ2v) is 6.64. The van der Waals surface area contributed by atoms with Crippen LogP contribution in [-0.2, 0) is 11.3 Å². The summed E-state index contributed by atoms with van der Waals surface area (Å²) in [7, 11) is 0. The Labute approximate surface area is 161 Å². The highest BCUT2D eigenvalue weighted by atomic mass is 16.2. The summed E-state index contributed by atoms with van der Waals surface area (Å²) in [6, 6.07) is 7.51. The molecule has 148 valence electrons. The zero-order valence-corrected chi connectivity index (χ0v) is 16.3. The van der Waals surface area contributed by atoms with Gasteiger partial charge in [-0.3, -0.25) is 9.59 Å². The van der Waals surface area contributed by atoms with Gasteiger partial charge in [0.2, 0.25) is 5.91 Å². The summed E-state index contributed by atoms with van der Waals surface area (Å²) in [4.78, 5) is 28.3. The highest BCUT2D eigenvalue weighted by Crippen LogP contribution is 2.28. The maximum atomic E-state index is 12.1. The molecular formula is C20H31N5O2. The Morgan fingerprint density at radius 3 is 2.52 bits per heavy atom. The molecule has 1 aliphatic carbocycles. The van der Waals surface area contributed by atoms with Crippen molar-refractivity contribution >= 4 is 17.8 Å². The van der Waals surface area contributed by atoms with Crippen molar-refractivity contribution in [3.05, 3.63) is 35.4 Å². The van der Waals surface area contributed by atoms with E-state index in [2.05, 4.69) is 26.3 Å². The van der Waals surface area contributed by atoms with Gasteiger partial charge in [-0.2, -0.15) is 0 Å². The third-order valence-corrected chi connectivity index (χ3v) is 4.15. The van der Waals surface area contributed by atoms with E-state index in [1.807, 2.05) is 38.1 Å². The van der Waals surface area contributed by atoms with Crippen molar-refractivity contribution in [1.29, 1.82) is 0 Å². The first-order chi connectivity index (χ1) is 13.1. The summed E-state index contributed by atoms with van der Waals surface area (Å²) in [5.74, 6) is 1.02. The van der Waals surface area contributed by atoms with Gasteiger partial charge >= 0.3 is 0 Å². The predicted molar refractivity (Wildman–Crippen MR) is 108 cm³/mol. The molecule has 1 saturated carbocycles. The molecule has 0 bridgehead atoms. The highest BCUT2D eigenvalue weighted by molar-refractivity contribution is 5.94. The summed E-state index contributed by atoms with van der Waals surface area (Å²) in [6.45, 7) is 7.12. The first kappa shape index (κ1) is 20.7. The lowest BCUT2D eigenvalue weighted by molar-refractivity contribution is -0.122. The van der Waals surface area contributed by atoms with Crippen LogP contribution in [-0.4, -0.2) is 44.0 Å². The molecule has 0 unspecified atom stereocenters. The zero-order valence-electron chi connectivity index (χ0n) is 16.3. The fourth-order valence-electron chi connectivity index (χ4n) is 2.52. The van der Waals surface area contributed by atoms with Crippen LogP contribution in [0.4, 0.5) is 0 Å². The smallest absolute Gasteiger partial charge is 0.251 e. The normalized spacial score (nSPS) is 13.8. The number of nitrogens with zero attached hydrogens (tertiary/aromatic N) is 1. The quantitative estimate of drug-likeness (QED) is 0.283. The number of hydrogen-bond acceptors (Lipinski definition) is 3. The number of aliphatic imine (C=N–C) groups is 1. The number of hydrogen-bond donors (Lipinski definition) is 4. The van der Waals surface area contributed by atoms with E-state index in [0.717, 1.165) is 31.4 Å². The molecule has 7 nitrogen and oxygen atoms in total. The van der Waals surface area contributed by atoms with Crippen molar-refractivity contribution < 1.29 is 9.59 Å². The topological polar surface area (TPSA) is 94.6 Å². The van der Waals surface area contributed by atoms with E-state index in [-0.39, 0.29) is 17.7 Å². The molecule has 4 N–H and O–H groups in total.